The molecule has 0 aromatic heterocycles. The van der Waals surface area contributed by atoms with Crippen LogP contribution in [0.1, 0.15) is 80.6 Å². The van der Waals surface area contributed by atoms with Gasteiger partial charge < -0.3 is 109 Å². The highest BCUT2D eigenvalue weighted by Gasteiger charge is 2.52. The summed E-state index contributed by atoms with van der Waals surface area (Å²) in [5, 5.41) is 89.7. The average molecular weight is 1070 g/mol. The van der Waals surface area contributed by atoms with Gasteiger partial charge in [0.1, 0.15) is 85.0 Å². The first-order chi connectivity index (χ1) is 34.5. The molecule has 2 rings (SSSR count). The Balaban J connectivity index is 2.13. The quantitative estimate of drug-likeness (QED) is 0.0309. The molecule has 0 aromatic carbocycles. The van der Waals surface area contributed by atoms with Gasteiger partial charge in [-0.3, -0.25) is 43.2 Å². The summed E-state index contributed by atoms with van der Waals surface area (Å²) in [6.07, 6.45) is -15.2. The first-order valence-electron chi connectivity index (χ1n) is 23.7. The molecule has 31 nitrogen and oxygen atoms in total. The van der Waals surface area contributed by atoms with E-state index in [1.165, 1.54) is 41.5 Å². The van der Waals surface area contributed by atoms with Crippen molar-refractivity contribution in [2.45, 2.75) is 190 Å². The number of aliphatic carboxylic acids is 2. The monoisotopic (exact) mass is 1070 g/mol. The van der Waals surface area contributed by atoms with Crippen LogP contribution in [-0.4, -0.2) is 224 Å². The van der Waals surface area contributed by atoms with Gasteiger partial charge in [0, 0.05) is 19.9 Å². The number of aliphatic hydroxyl groups excluding tert-OH is 5. The highest BCUT2D eigenvalue weighted by Crippen LogP contribution is 2.30. The first kappa shape index (κ1) is 64.4. The summed E-state index contributed by atoms with van der Waals surface area (Å²) >= 11 is 0. The van der Waals surface area contributed by atoms with Crippen molar-refractivity contribution in [2.75, 3.05) is 19.8 Å². The van der Waals surface area contributed by atoms with Gasteiger partial charge in [0.05, 0.1) is 25.3 Å². The highest BCUT2D eigenvalue weighted by atomic mass is 16.7. The van der Waals surface area contributed by atoms with Gasteiger partial charge in [-0.15, -0.1) is 0 Å². The van der Waals surface area contributed by atoms with Crippen molar-refractivity contribution in [3.05, 3.63) is 0 Å². The van der Waals surface area contributed by atoms with Crippen LogP contribution in [0.2, 0.25) is 0 Å². The molecule has 18 unspecified atom stereocenters. The second kappa shape index (κ2) is 30.6. The molecule has 0 aliphatic carbocycles. The Morgan fingerprint density at radius 3 is 1.72 bits per heavy atom. The number of nitrogens with two attached hydrogens (primary N) is 2. The number of carboxylic acid groups (broad SMARTS) is 2. The SMILES string of the molecule is CC(=O)NC1C(OC2C(CO)OC(O)C(N)C2OC(C)C(=O)NC(C)C(=O)NC(CCC(=O)NC(CCCCNC(=O)C(C)NC(=O)C(C)N)C(=O)NC(C)C(=O)NC(C)C(=O)O)C(=O)O)OC(CO)C(O)C1O. The molecule has 2 aliphatic rings. The fourth-order valence-corrected chi connectivity index (χ4v) is 7.25. The van der Waals surface area contributed by atoms with Crippen molar-refractivity contribution < 1.29 is 103 Å². The lowest BCUT2D eigenvalue weighted by atomic mass is 9.94. The fourth-order valence-electron chi connectivity index (χ4n) is 7.25. The maximum absolute atomic E-state index is 13.4. The zero-order valence-corrected chi connectivity index (χ0v) is 42.0. The summed E-state index contributed by atoms with van der Waals surface area (Å²) in [5.41, 5.74) is 11.7. The number of unbranched alkanes of at least 4 members (excludes halogenated alkanes) is 1. The average Bonchev–Trinajstić information content (AvgIpc) is 3.33. The zero-order valence-electron chi connectivity index (χ0n) is 42.0. The Morgan fingerprint density at radius 2 is 1.16 bits per heavy atom. The number of carboxylic acids is 2. The second-order valence-electron chi connectivity index (χ2n) is 18.0. The van der Waals surface area contributed by atoms with Gasteiger partial charge in [0.15, 0.2) is 12.6 Å². The lowest BCUT2D eigenvalue weighted by Gasteiger charge is -2.48. The highest BCUT2D eigenvalue weighted by molar-refractivity contribution is 5.94. The van der Waals surface area contributed by atoms with Gasteiger partial charge in [-0.1, -0.05) is 0 Å². The summed E-state index contributed by atoms with van der Waals surface area (Å²) in [6.45, 7) is 7.24. The molecule has 8 amide bonds. The molecule has 0 saturated carbocycles. The third-order valence-corrected chi connectivity index (χ3v) is 11.7. The van der Waals surface area contributed by atoms with E-state index >= 15 is 0 Å². The molecule has 0 radical (unpaired) electrons. The van der Waals surface area contributed by atoms with E-state index in [4.69, 9.17) is 35.5 Å². The third-order valence-electron chi connectivity index (χ3n) is 11.7. The summed E-state index contributed by atoms with van der Waals surface area (Å²) in [4.78, 5) is 126. The van der Waals surface area contributed by atoms with Crippen LogP contribution in [0.5, 0.6) is 0 Å². The number of hydrogen-bond donors (Lipinski definition) is 17. The van der Waals surface area contributed by atoms with E-state index in [9.17, 15) is 78.6 Å². The van der Waals surface area contributed by atoms with Crippen molar-refractivity contribution in [1.82, 2.24) is 42.5 Å². The summed E-state index contributed by atoms with van der Waals surface area (Å²) in [7, 11) is 0. The molecule has 2 heterocycles. The van der Waals surface area contributed by atoms with E-state index in [-0.39, 0.29) is 25.8 Å². The Hall–Kier alpha value is -5.74. The Kier molecular flexibility index (Phi) is 26.6. The van der Waals surface area contributed by atoms with Crippen molar-refractivity contribution in [3.8, 4) is 0 Å². The third kappa shape index (κ3) is 19.8. The topological polar surface area (TPSA) is 498 Å². The molecular formula is C43H74N10O21. The molecule has 0 aromatic rings. The van der Waals surface area contributed by atoms with Gasteiger partial charge >= 0.3 is 11.9 Å². The molecule has 0 bridgehead atoms. The van der Waals surface area contributed by atoms with Gasteiger partial charge in [0.2, 0.25) is 47.3 Å². The number of ether oxygens (including phenoxy) is 4. The molecule has 2 saturated heterocycles. The van der Waals surface area contributed by atoms with E-state index in [1.54, 1.807) is 0 Å². The van der Waals surface area contributed by atoms with Gasteiger partial charge in [0.25, 0.3) is 0 Å². The smallest absolute Gasteiger partial charge is 0.326 e. The number of amides is 8. The Labute approximate surface area is 425 Å². The van der Waals surface area contributed by atoms with Crippen LogP contribution >= 0.6 is 0 Å². The molecule has 422 valence electrons. The van der Waals surface area contributed by atoms with Crippen LogP contribution in [0.15, 0.2) is 0 Å². The Morgan fingerprint density at radius 1 is 0.608 bits per heavy atom. The van der Waals surface area contributed by atoms with Crippen molar-refractivity contribution in [3.63, 3.8) is 0 Å². The van der Waals surface area contributed by atoms with E-state index in [2.05, 4.69) is 42.5 Å². The number of rotatable bonds is 29. The number of carbonyl (C=O) groups excluding carboxylic acids is 8. The van der Waals surface area contributed by atoms with E-state index in [0.717, 1.165) is 6.92 Å². The number of hydrogen-bond acceptors (Lipinski definition) is 21. The zero-order chi connectivity index (χ0) is 56.3. The van der Waals surface area contributed by atoms with E-state index < -0.39 is 195 Å². The standard InChI is InChI=1S/C43H74N10O21/c1-16(44)34(60)47-17(2)35(61)46-13-9-8-10-23(39(65)49-18(3)36(62)50-20(5)40(66)67)52-27(57)12-11-24(41(68)69)53-37(63)19(4)48-38(64)21(6)71-33-28(45)42(70)72-26(15-55)32(33)74-43-29(51-22(7)56)31(59)30(58)25(14-54)73-43/h16-21,23-26,28-33,42-43,54-55,58-59,70H,8-15,44-45H2,1-7H3,(H,46,61)(H,47,60)(H,48,64)(H,49,65)(H,50,62)(H,51,56)(H,52,57)(H,53,63)(H,66,67)(H,68,69). The number of nitrogens with one attached hydrogen (secondary N) is 8. The molecule has 18 atom stereocenters. The van der Waals surface area contributed by atoms with E-state index in [0.29, 0.717) is 0 Å². The van der Waals surface area contributed by atoms with Gasteiger partial charge in [-0.25, -0.2) is 4.79 Å². The van der Waals surface area contributed by atoms with Crippen LogP contribution in [0.4, 0.5) is 0 Å². The van der Waals surface area contributed by atoms with Crippen LogP contribution in [0.25, 0.3) is 0 Å². The fraction of sp³-hybridized carbons (Fsp3) is 0.767. The minimum Gasteiger partial charge on any atom is -0.480 e. The van der Waals surface area contributed by atoms with Gasteiger partial charge in [-0.05, 0) is 67.2 Å². The maximum atomic E-state index is 13.4. The summed E-state index contributed by atoms with van der Waals surface area (Å²) in [5.74, 6) is -9.34. The van der Waals surface area contributed by atoms with Crippen molar-refractivity contribution in [1.29, 1.82) is 0 Å². The number of aliphatic hydroxyl groups is 5. The molecule has 19 N–H and O–H groups in total. The summed E-state index contributed by atoms with van der Waals surface area (Å²) < 4.78 is 22.9. The normalized spacial score (nSPS) is 26.9. The van der Waals surface area contributed by atoms with Crippen LogP contribution in [0.3, 0.4) is 0 Å². The van der Waals surface area contributed by atoms with E-state index in [1.807, 2.05) is 0 Å². The molecule has 2 fully saturated rings. The first-order valence-corrected chi connectivity index (χ1v) is 23.7. The van der Waals surface area contributed by atoms with Crippen LogP contribution in [0, 0.1) is 0 Å². The van der Waals surface area contributed by atoms with Crippen molar-refractivity contribution >= 4 is 59.2 Å². The molecule has 0 spiro atoms. The predicted octanol–water partition coefficient (Wildman–Crippen LogP) is -8.30. The van der Waals surface area contributed by atoms with Crippen LogP contribution < -0.4 is 54.0 Å². The second-order valence-corrected chi connectivity index (χ2v) is 18.0. The minimum absolute atomic E-state index is 0.0757. The molecule has 2 aliphatic heterocycles. The largest absolute Gasteiger partial charge is 0.480 e. The minimum atomic E-state index is -1.81. The lowest BCUT2D eigenvalue weighted by molar-refractivity contribution is -0.331. The maximum Gasteiger partial charge on any atom is 0.326 e. The number of carbonyl (C=O) groups is 10. The predicted molar refractivity (Wildman–Crippen MR) is 250 cm³/mol. The molecule has 31 heteroatoms. The molecule has 74 heavy (non-hydrogen) atoms. The van der Waals surface area contributed by atoms with Gasteiger partial charge in [-0.2, -0.15) is 0 Å². The summed E-state index contributed by atoms with van der Waals surface area (Å²) in [6, 6.07) is -11.9. The van der Waals surface area contributed by atoms with Crippen LogP contribution in [-0.2, 0) is 66.9 Å². The lowest BCUT2D eigenvalue weighted by Crippen LogP contribution is -2.69. The Bertz CT molecular complexity index is 1950. The molecular weight excluding hydrogens is 993 g/mol. The van der Waals surface area contributed by atoms with Crippen molar-refractivity contribution in [2.24, 2.45) is 11.5 Å².